The van der Waals surface area contributed by atoms with E-state index in [1.807, 2.05) is 13.8 Å². The summed E-state index contributed by atoms with van der Waals surface area (Å²) >= 11 is 0. The summed E-state index contributed by atoms with van der Waals surface area (Å²) in [6, 6.07) is -0.679. The first-order valence-corrected chi connectivity index (χ1v) is 6.83. The van der Waals surface area contributed by atoms with Gasteiger partial charge in [-0.15, -0.1) is 0 Å². The zero-order valence-electron chi connectivity index (χ0n) is 12.3. The van der Waals surface area contributed by atoms with Crippen molar-refractivity contribution in [1.29, 1.82) is 0 Å². The number of nitrogens with one attached hydrogen (secondary N) is 1. The molecular weight excluding hydrogens is 264 g/mol. The van der Waals surface area contributed by atoms with E-state index in [4.69, 9.17) is 9.47 Å². The van der Waals surface area contributed by atoms with Gasteiger partial charge in [0.05, 0.1) is 25.9 Å². The van der Waals surface area contributed by atoms with E-state index in [0.717, 1.165) is 0 Å². The molecular formula is C13H24N2O5. The van der Waals surface area contributed by atoms with E-state index in [9.17, 15) is 14.7 Å². The number of ether oxygens (including phenoxy) is 2. The third kappa shape index (κ3) is 4.97. The fourth-order valence-electron chi connectivity index (χ4n) is 1.98. The molecule has 0 bridgehead atoms. The molecule has 1 rings (SSSR count). The Bertz CT molecular complexity index is 335. The van der Waals surface area contributed by atoms with E-state index in [1.165, 1.54) is 4.90 Å². The van der Waals surface area contributed by atoms with E-state index in [0.29, 0.717) is 19.8 Å². The van der Waals surface area contributed by atoms with E-state index in [-0.39, 0.29) is 24.8 Å². The van der Waals surface area contributed by atoms with E-state index >= 15 is 0 Å². The maximum Gasteiger partial charge on any atom is 0.410 e. The topological polar surface area (TPSA) is 88.1 Å². The average molecular weight is 288 g/mol. The van der Waals surface area contributed by atoms with Crippen molar-refractivity contribution in [2.45, 2.75) is 32.4 Å². The van der Waals surface area contributed by atoms with Crippen LogP contribution in [0.1, 0.15) is 20.3 Å². The van der Waals surface area contributed by atoms with Gasteiger partial charge in [-0.1, -0.05) is 13.8 Å². The van der Waals surface area contributed by atoms with Crippen molar-refractivity contribution in [2.24, 2.45) is 5.92 Å². The van der Waals surface area contributed by atoms with Crippen LogP contribution in [0.4, 0.5) is 4.79 Å². The Kier molecular flexibility index (Phi) is 6.74. The number of methoxy groups -OCH3 is 1. The van der Waals surface area contributed by atoms with Gasteiger partial charge >= 0.3 is 6.09 Å². The van der Waals surface area contributed by atoms with Gasteiger partial charge in [0.25, 0.3) is 0 Å². The average Bonchev–Trinajstić information content (AvgIpc) is 2.78. The second-order valence-electron chi connectivity index (χ2n) is 5.31. The monoisotopic (exact) mass is 288 g/mol. The van der Waals surface area contributed by atoms with E-state index in [1.54, 1.807) is 7.11 Å². The molecule has 0 radical (unpaired) electrons. The third-order valence-corrected chi connectivity index (χ3v) is 2.96. The van der Waals surface area contributed by atoms with Crippen molar-refractivity contribution in [3.63, 3.8) is 0 Å². The number of aliphatic hydroxyl groups excluding tert-OH is 1. The highest BCUT2D eigenvalue weighted by molar-refractivity contribution is 5.86. The first-order valence-electron chi connectivity index (χ1n) is 6.83. The third-order valence-electron chi connectivity index (χ3n) is 2.96. The van der Waals surface area contributed by atoms with Gasteiger partial charge in [0.2, 0.25) is 5.91 Å². The molecule has 2 amide bonds. The highest BCUT2D eigenvalue weighted by Crippen LogP contribution is 2.19. The maximum atomic E-state index is 12.0. The number of β-amino-alcohol motifs (C(OH)–C–C–N with tert-alkyl or cyclic N) is 1. The number of carbonyl (C=O) groups is 2. The van der Waals surface area contributed by atoms with Crippen LogP contribution in [0, 0.1) is 5.92 Å². The normalized spacial score (nSPS) is 22.1. The first kappa shape index (κ1) is 16.7. The van der Waals surface area contributed by atoms with Gasteiger partial charge in [-0.2, -0.15) is 0 Å². The molecule has 0 aliphatic carbocycles. The Labute approximate surface area is 119 Å². The molecule has 0 aromatic carbocycles. The number of rotatable bonds is 6. The van der Waals surface area contributed by atoms with Crippen LogP contribution in [0.2, 0.25) is 0 Å². The molecule has 1 aliphatic heterocycles. The molecule has 7 nitrogen and oxygen atoms in total. The molecule has 1 aliphatic rings. The molecule has 2 atom stereocenters. The summed E-state index contributed by atoms with van der Waals surface area (Å²) in [5, 5.41) is 12.3. The lowest BCUT2D eigenvalue weighted by atomic mass is 10.2. The largest absolute Gasteiger partial charge is 0.449 e. The highest BCUT2D eigenvalue weighted by Gasteiger charge is 2.39. The molecule has 0 unspecified atom stereocenters. The van der Waals surface area contributed by atoms with Crippen molar-refractivity contribution in [1.82, 2.24) is 10.2 Å². The van der Waals surface area contributed by atoms with Crippen molar-refractivity contribution in [2.75, 3.05) is 33.4 Å². The van der Waals surface area contributed by atoms with E-state index < -0.39 is 18.2 Å². The van der Waals surface area contributed by atoms with Crippen LogP contribution in [0.15, 0.2) is 0 Å². The maximum absolute atomic E-state index is 12.0. The summed E-state index contributed by atoms with van der Waals surface area (Å²) in [6.45, 7) is 5.06. The first-order chi connectivity index (χ1) is 9.45. The molecule has 20 heavy (non-hydrogen) atoms. The SMILES string of the molecule is COCCNC(=O)[C@@H]1C[C@H](O)CN1C(=O)OCC(C)C. The summed E-state index contributed by atoms with van der Waals surface area (Å²) < 4.78 is 9.96. The van der Waals surface area contributed by atoms with Crippen LogP contribution < -0.4 is 5.32 Å². The minimum Gasteiger partial charge on any atom is -0.449 e. The number of amides is 2. The minimum absolute atomic E-state index is 0.124. The molecule has 1 saturated heterocycles. The number of hydrogen-bond donors (Lipinski definition) is 2. The predicted molar refractivity (Wildman–Crippen MR) is 72.2 cm³/mol. The standard InChI is InChI=1S/C13H24N2O5/c1-9(2)8-20-13(18)15-7-10(16)6-11(15)12(17)14-4-5-19-3/h9-11,16H,4-8H2,1-3H3,(H,14,17)/t10-,11-/m0/s1. The number of carbonyl (C=O) groups excluding carboxylic acids is 2. The lowest BCUT2D eigenvalue weighted by Crippen LogP contribution is -2.47. The van der Waals surface area contributed by atoms with Crippen LogP contribution in [0.3, 0.4) is 0 Å². The Morgan fingerprint density at radius 3 is 2.75 bits per heavy atom. The number of aliphatic hydroxyl groups is 1. The summed E-state index contributed by atoms with van der Waals surface area (Å²) in [6.07, 6.45) is -1.02. The van der Waals surface area contributed by atoms with Crippen LogP contribution >= 0.6 is 0 Å². The van der Waals surface area contributed by atoms with Crippen LogP contribution in [0.25, 0.3) is 0 Å². The van der Waals surface area contributed by atoms with Gasteiger partial charge in [-0.3, -0.25) is 9.69 Å². The van der Waals surface area contributed by atoms with Crippen LogP contribution in [-0.2, 0) is 14.3 Å². The van der Waals surface area contributed by atoms with Crippen molar-refractivity contribution in [3.8, 4) is 0 Å². The van der Waals surface area contributed by atoms with Crippen molar-refractivity contribution >= 4 is 12.0 Å². The van der Waals surface area contributed by atoms with Gasteiger partial charge in [0.1, 0.15) is 6.04 Å². The fraction of sp³-hybridized carbons (Fsp3) is 0.846. The summed E-state index contributed by atoms with van der Waals surface area (Å²) in [5.74, 6) is -0.0689. The lowest BCUT2D eigenvalue weighted by molar-refractivity contribution is -0.125. The van der Waals surface area contributed by atoms with Crippen LogP contribution in [-0.4, -0.2) is 67.6 Å². The minimum atomic E-state index is -0.695. The molecule has 7 heteroatoms. The molecule has 0 aromatic rings. The predicted octanol–water partition coefficient (Wildman–Crippen LogP) is -0.0232. The number of nitrogens with zero attached hydrogens (tertiary/aromatic N) is 1. The second kappa shape index (κ2) is 8.06. The summed E-state index contributed by atoms with van der Waals surface area (Å²) in [7, 11) is 1.54. The second-order valence-corrected chi connectivity index (χ2v) is 5.31. The van der Waals surface area contributed by atoms with Gasteiger partial charge in [-0.05, 0) is 5.92 Å². The highest BCUT2D eigenvalue weighted by atomic mass is 16.6. The molecule has 1 heterocycles. The lowest BCUT2D eigenvalue weighted by Gasteiger charge is -2.23. The summed E-state index contributed by atoms with van der Waals surface area (Å²) in [4.78, 5) is 25.2. The number of hydrogen-bond acceptors (Lipinski definition) is 5. The Hall–Kier alpha value is -1.34. The number of likely N-dealkylation sites (tertiary alicyclic amines) is 1. The summed E-state index contributed by atoms with van der Waals surface area (Å²) in [5.41, 5.74) is 0. The van der Waals surface area contributed by atoms with Crippen molar-refractivity contribution in [3.05, 3.63) is 0 Å². The molecule has 0 aromatic heterocycles. The zero-order chi connectivity index (χ0) is 15.1. The van der Waals surface area contributed by atoms with Gasteiger partial charge < -0.3 is 19.9 Å². The van der Waals surface area contributed by atoms with Gasteiger partial charge in [0, 0.05) is 20.1 Å². The Morgan fingerprint density at radius 2 is 2.15 bits per heavy atom. The van der Waals surface area contributed by atoms with Gasteiger partial charge in [-0.25, -0.2) is 4.79 Å². The quantitative estimate of drug-likeness (QED) is 0.670. The molecule has 0 spiro atoms. The van der Waals surface area contributed by atoms with Gasteiger partial charge in [0.15, 0.2) is 0 Å². The Morgan fingerprint density at radius 1 is 1.45 bits per heavy atom. The molecule has 116 valence electrons. The molecule has 1 fully saturated rings. The Balaban J connectivity index is 2.54. The molecule has 0 saturated carbocycles. The smallest absolute Gasteiger partial charge is 0.410 e. The van der Waals surface area contributed by atoms with E-state index in [2.05, 4.69) is 5.32 Å². The molecule has 2 N–H and O–H groups in total. The fourth-order valence-corrected chi connectivity index (χ4v) is 1.98. The zero-order valence-corrected chi connectivity index (χ0v) is 12.3. The van der Waals surface area contributed by atoms with Crippen LogP contribution in [0.5, 0.6) is 0 Å². The van der Waals surface area contributed by atoms with Crippen molar-refractivity contribution < 1.29 is 24.2 Å².